The van der Waals surface area contributed by atoms with Gasteiger partial charge in [0, 0.05) is 11.6 Å². The van der Waals surface area contributed by atoms with Gasteiger partial charge >= 0.3 is 0 Å². The molecular formula is C12H19NO. The standard InChI is InChI=1S/C12H19NO/c1-8(2)11(13)10-7-5-6-9(3)12(10)14-4/h5-8,11H,13H2,1-4H3. The molecule has 0 aliphatic heterocycles. The van der Waals surface area contributed by atoms with Gasteiger partial charge in [0.15, 0.2) is 0 Å². The lowest BCUT2D eigenvalue weighted by molar-refractivity contribution is 0.393. The number of aryl methyl sites for hydroxylation is 1. The fourth-order valence-corrected chi connectivity index (χ4v) is 1.58. The summed E-state index contributed by atoms with van der Waals surface area (Å²) < 4.78 is 5.37. The van der Waals surface area contributed by atoms with E-state index in [0.29, 0.717) is 5.92 Å². The van der Waals surface area contributed by atoms with Crippen molar-refractivity contribution in [3.63, 3.8) is 0 Å². The van der Waals surface area contributed by atoms with E-state index >= 15 is 0 Å². The zero-order valence-corrected chi connectivity index (χ0v) is 9.37. The van der Waals surface area contributed by atoms with Gasteiger partial charge in [-0.2, -0.15) is 0 Å². The molecule has 2 heteroatoms. The number of para-hydroxylation sites is 1. The molecule has 1 aromatic carbocycles. The summed E-state index contributed by atoms with van der Waals surface area (Å²) in [5, 5.41) is 0. The second-order valence-electron chi connectivity index (χ2n) is 3.97. The van der Waals surface area contributed by atoms with E-state index in [1.807, 2.05) is 25.1 Å². The van der Waals surface area contributed by atoms with Crippen molar-refractivity contribution in [2.24, 2.45) is 11.7 Å². The minimum absolute atomic E-state index is 0.0462. The van der Waals surface area contributed by atoms with Crippen LogP contribution in [0.1, 0.15) is 31.0 Å². The minimum atomic E-state index is 0.0462. The van der Waals surface area contributed by atoms with E-state index in [2.05, 4.69) is 13.8 Å². The summed E-state index contributed by atoms with van der Waals surface area (Å²) in [5.74, 6) is 1.35. The second-order valence-corrected chi connectivity index (χ2v) is 3.97. The third kappa shape index (κ3) is 2.07. The molecular weight excluding hydrogens is 174 g/mol. The van der Waals surface area contributed by atoms with Crippen molar-refractivity contribution in [3.8, 4) is 5.75 Å². The summed E-state index contributed by atoms with van der Waals surface area (Å²) in [7, 11) is 1.69. The van der Waals surface area contributed by atoms with Crippen molar-refractivity contribution >= 4 is 0 Å². The molecule has 0 bridgehead atoms. The fourth-order valence-electron chi connectivity index (χ4n) is 1.58. The minimum Gasteiger partial charge on any atom is -0.496 e. The van der Waals surface area contributed by atoms with Crippen molar-refractivity contribution < 1.29 is 4.74 Å². The number of hydrogen-bond acceptors (Lipinski definition) is 2. The van der Waals surface area contributed by atoms with Gasteiger partial charge in [0.05, 0.1) is 7.11 Å². The number of methoxy groups -OCH3 is 1. The lowest BCUT2D eigenvalue weighted by Crippen LogP contribution is -2.17. The quantitative estimate of drug-likeness (QED) is 0.801. The third-order valence-corrected chi connectivity index (χ3v) is 2.52. The third-order valence-electron chi connectivity index (χ3n) is 2.52. The molecule has 0 aromatic heterocycles. The van der Waals surface area contributed by atoms with E-state index in [4.69, 9.17) is 10.5 Å². The molecule has 0 saturated heterocycles. The zero-order valence-electron chi connectivity index (χ0n) is 9.37. The molecule has 0 radical (unpaired) electrons. The highest BCUT2D eigenvalue weighted by molar-refractivity contribution is 5.42. The summed E-state index contributed by atoms with van der Waals surface area (Å²) in [6, 6.07) is 6.14. The summed E-state index contributed by atoms with van der Waals surface area (Å²) in [4.78, 5) is 0. The van der Waals surface area contributed by atoms with Gasteiger partial charge in [-0.3, -0.25) is 0 Å². The highest BCUT2D eigenvalue weighted by Crippen LogP contribution is 2.30. The van der Waals surface area contributed by atoms with E-state index in [1.165, 1.54) is 0 Å². The molecule has 1 rings (SSSR count). The SMILES string of the molecule is COc1c(C)cccc1C(N)C(C)C. The molecule has 1 atom stereocenters. The van der Waals surface area contributed by atoms with Crippen molar-refractivity contribution in [1.82, 2.24) is 0 Å². The average Bonchev–Trinajstić information content (AvgIpc) is 2.16. The molecule has 1 aromatic rings. The van der Waals surface area contributed by atoms with Gasteiger partial charge in [-0.05, 0) is 18.4 Å². The van der Waals surface area contributed by atoms with Crippen LogP contribution in [0.15, 0.2) is 18.2 Å². The largest absolute Gasteiger partial charge is 0.496 e. The van der Waals surface area contributed by atoms with Crippen LogP contribution in [-0.2, 0) is 0 Å². The van der Waals surface area contributed by atoms with Crippen molar-refractivity contribution in [3.05, 3.63) is 29.3 Å². The van der Waals surface area contributed by atoms with Gasteiger partial charge in [0.25, 0.3) is 0 Å². The second kappa shape index (κ2) is 4.47. The molecule has 0 spiro atoms. The Labute approximate surface area is 86.1 Å². The molecule has 1 unspecified atom stereocenters. The van der Waals surface area contributed by atoms with Crippen molar-refractivity contribution in [2.75, 3.05) is 7.11 Å². The van der Waals surface area contributed by atoms with Crippen LogP contribution in [0.25, 0.3) is 0 Å². The van der Waals surface area contributed by atoms with Crippen LogP contribution in [0.5, 0.6) is 5.75 Å². The van der Waals surface area contributed by atoms with E-state index < -0.39 is 0 Å². The number of ether oxygens (including phenoxy) is 1. The van der Waals surface area contributed by atoms with Crippen LogP contribution < -0.4 is 10.5 Å². The first kappa shape index (κ1) is 11.1. The predicted octanol–water partition coefficient (Wildman–Crippen LogP) is 2.66. The van der Waals surface area contributed by atoms with Gasteiger partial charge in [0.2, 0.25) is 0 Å². The molecule has 2 N–H and O–H groups in total. The van der Waals surface area contributed by atoms with Gasteiger partial charge in [-0.1, -0.05) is 32.0 Å². The van der Waals surface area contributed by atoms with Crippen LogP contribution in [0.4, 0.5) is 0 Å². The zero-order chi connectivity index (χ0) is 10.7. The molecule has 0 aliphatic rings. The Kier molecular flexibility index (Phi) is 3.53. The average molecular weight is 193 g/mol. The van der Waals surface area contributed by atoms with Gasteiger partial charge in [-0.15, -0.1) is 0 Å². The maximum absolute atomic E-state index is 6.10. The number of hydrogen-bond donors (Lipinski definition) is 1. The van der Waals surface area contributed by atoms with Crippen LogP contribution in [-0.4, -0.2) is 7.11 Å². The first-order chi connectivity index (χ1) is 6.57. The Hall–Kier alpha value is -1.02. The van der Waals surface area contributed by atoms with E-state index in [9.17, 15) is 0 Å². The molecule has 78 valence electrons. The van der Waals surface area contributed by atoms with Crippen molar-refractivity contribution in [2.45, 2.75) is 26.8 Å². The number of benzene rings is 1. The Bertz CT molecular complexity index is 307. The smallest absolute Gasteiger partial charge is 0.126 e. The topological polar surface area (TPSA) is 35.2 Å². The Morgan fingerprint density at radius 3 is 2.43 bits per heavy atom. The molecule has 0 aliphatic carbocycles. The predicted molar refractivity (Wildman–Crippen MR) is 59.5 cm³/mol. The first-order valence-electron chi connectivity index (χ1n) is 4.97. The Morgan fingerprint density at radius 2 is 1.93 bits per heavy atom. The molecule has 0 amide bonds. The highest BCUT2D eigenvalue weighted by atomic mass is 16.5. The molecule has 0 heterocycles. The van der Waals surface area contributed by atoms with Gasteiger partial charge < -0.3 is 10.5 Å². The normalized spacial score (nSPS) is 13.0. The van der Waals surface area contributed by atoms with Crippen LogP contribution in [0.2, 0.25) is 0 Å². The van der Waals surface area contributed by atoms with Gasteiger partial charge in [0.1, 0.15) is 5.75 Å². The van der Waals surface area contributed by atoms with Crippen molar-refractivity contribution in [1.29, 1.82) is 0 Å². The monoisotopic (exact) mass is 193 g/mol. The lowest BCUT2D eigenvalue weighted by Gasteiger charge is -2.20. The molecule has 0 saturated carbocycles. The highest BCUT2D eigenvalue weighted by Gasteiger charge is 2.15. The molecule has 14 heavy (non-hydrogen) atoms. The maximum Gasteiger partial charge on any atom is 0.126 e. The maximum atomic E-state index is 6.10. The van der Waals surface area contributed by atoms with Crippen LogP contribution in [0, 0.1) is 12.8 Å². The van der Waals surface area contributed by atoms with E-state index in [0.717, 1.165) is 16.9 Å². The fraction of sp³-hybridized carbons (Fsp3) is 0.500. The Morgan fingerprint density at radius 1 is 1.29 bits per heavy atom. The molecule has 0 fully saturated rings. The van der Waals surface area contributed by atoms with E-state index in [-0.39, 0.29) is 6.04 Å². The summed E-state index contributed by atoms with van der Waals surface area (Å²) in [6.07, 6.45) is 0. The first-order valence-corrected chi connectivity index (χ1v) is 4.97. The van der Waals surface area contributed by atoms with Crippen LogP contribution in [0.3, 0.4) is 0 Å². The summed E-state index contributed by atoms with van der Waals surface area (Å²) in [5.41, 5.74) is 8.34. The summed E-state index contributed by atoms with van der Waals surface area (Å²) >= 11 is 0. The van der Waals surface area contributed by atoms with Gasteiger partial charge in [-0.25, -0.2) is 0 Å². The van der Waals surface area contributed by atoms with Crippen LogP contribution >= 0.6 is 0 Å². The summed E-state index contributed by atoms with van der Waals surface area (Å²) in [6.45, 7) is 6.27. The number of rotatable bonds is 3. The Balaban J connectivity index is 3.13. The lowest BCUT2D eigenvalue weighted by atomic mass is 9.95. The molecule has 2 nitrogen and oxygen atoms in total. The number of nitrogens with two attached hydrogens (primary N) is 1. The van der Waals surface area contributed by atoms with E-state index in [1.54, 1.807) is 7.11 Å².